The molecule has 0 bridgehead atoms. The van der Waals surface area contributed by atoms with Crippen LogP contribution in [-0.4, -0.2) is 23.4 Å². The van der Waals surface area contributed by atoms with Crippen LogP contribution in [0.25, 0.3) is 55.0 Å². The van der Waals surface area contributed by atoms with E-state index in [0.29, 0.717) is 0 Å². The molecule has 0 aliphatic rings. The maximum absolute atomic E-state index is 9.32. The molecule has 35 heavy (non-hydrogen) atoms. The average molecular weight is 463 g/mol. The Bertz CT molecular complexity index is 1700. The molecule has 0 aliphatic carbocycles. The molecule has 174 valence electrons. The lowest BCUT2D eigenvalue weighted by Crippen LogP contribution is -1.89. The van der Waals surface area contributed by atoms with Gasteiger partial charge in [-0.15, -0.1) is 0 Å². The zero-order valence-corrected chi connectivity index (χ0v) is 19.5. The number of fused-ring (bicyclic) bond motifs is 6. The Kier molecular flexibility index (Phi) is 6.23. The van der Waals surface area contributed by atoms with E-state index in [0.717, 1.165) is 66.2 Å². The molecule has 0 unspecified atom stereocenters. The number of hydrogen-bond donors (Lipinski definition) is 2. The first kappa shape index (κ1) is 22.7. The number of rotatable bonds is 4. The van der Waals surface area contributed by atoms with Crippen molar-refractivity contribution in [2.24, 2.45) is 0 Å². The van der Waals surface area contributed by atoms with Crippen LogP contribution in [0.4, 0.5) is 0 Å². The highest BCUT2D eigenvalue weighted by Gasteiger charge is 2.09. The number of benzene rings is 4. The quantitative estimate of drug-likeness (QED) is 0.283. The number of allylic oxidation sites excluding steroid dienone is 1. The van der Waals surface area contributed by atoms with Crippen molar-refractivity contribution in [2.75, 3.05) is 13.2 Å². The highest BCUT2D eigenvalue weighted by molar-refractivity contribution is 6.06. The van der Waals surface area contributed by atoms with Gasteiger partial charge < -0.3 is 19.0 Å². The fourth-order valence-electron chi connectivity index (χ4n) is 4.31. The Morgan fingerprint density at radius 2 is 1.14 bits per heavy atom. The van der Waals surface area contributed by atoms with E-state index in [2.05, 4.69) is 18.7 Å². The molecule has 0 saturated carbocycles. The highest BCUT2D eigenvalue weighted by atomic mass is 16.3. The molecular formula is C31H26O4. The summed E-state index contributed by atoms with van der Waals surface area (Å²) in [4.78, 5) is 0. The summed E-state index contributed by atoms with van der Waals surface area (Å²) in [5.74, 6) is 0. The van der Waals surface area contributed by atoms with E-state index in [1.165, 1.54) is 0 Å². The number of hydrogen-bond acceptors (Lipinski definition) is 4. The third-order valence-corrected chi connectivity index (χ3v) is 6.24. The summed E-state index contributed by atoms with van der Waals surface area (Å²) >= 11 is 0. The van der Waals surface area contributed by atoms with Gasteiger partial charge in [-0.1, -0.05) is 61.2 Å². The van der Waals surface area contributed by atoms with Crippen molar-refractivity contribution in [3.63, 3.8) is 0 Å². The smallest absolute Gasteiger partial charge is 0.135 e. The SMILES string of the molecule is C=C(CO)c1ccc2oc3ccccc3c2c1.CC=C(CO)c1ccc2oc3ccccc3c2c1. The molecule has 4 aromatic carbocycles. The Hall–Kier alpha value is -4.12. The molecular weight excluding hydrogens is 436 g/mol. The zero-order chi connectivity index (χ0) is 24.4. The summed E-state index contributed by atoms with van der Waals surface area (Å²) in [6, 6.07) is 27.8. The van der Waals surface area contributed by atoms with Crippen molar-refractivity contribution in [2.45, 2.75) is 6.92 Å². The fourth-order valence-corrected chi connectivity index (χ4v) is 4.31. The van der Waals surface area contributed by atoms with Crippen LogP contribution in [0.2, 0.25) is 0 Å². The number of para-hydroxylation sites is 2. The summed E-state index contributed by atoms with van der Waals surface area (Å²) in [5.41, 5.74) is 7.17. The predicted octanol–water partition coefficient (Wildman–Crippen LogP) is 7.57. The van der Waals surface area contributed by atoms with Gasteiger partial charge in [0.25, 0.3) is 0 Å². The van der Waals surface area contributed by atoms with E-state index in [1.54, 1.807) is 0 Å². The van der Waals surface area contributed by atoms with Gasteiger partial charge in [0.15, 0.2) is 0 Å². The van der Waals surface area contributed by atoms with Gasteiger partial charge in [0, 0.05) is 21.5 Å². The third kappa shape index (κ3) is 4.26. The van der Waals surface area contributed by atoms with E-state index in [-0.39, 0.29) is 13.2 Å². The standard InChI is InChI=1S/C16H14O2.C15H12O2/c1-2-11(10-17)12-7-8-16-14(9-12)13-5-3-4-6-15(13)18-16;1-10(9-16)11-6-7-15-13(8-11)12-4-2-3-5-14(12)17-15/h2-9,17H,10H2,1H3;2-8,16H,1,9H2. The summed E-state index contributed by atoms with van der Waals surface area (Å²) < 4.78 is 11.5. The van der Waals surface area contributed by atoms with Crippen molar-refractivity contribution in [3.8, 4) is 0 Å². The van der Waals surface area contributed by atoms with Crippen LogP contribution in [0.3, 0.4) is 0 Å². The molecule has 2 N–H and O–H groups in total. The van der Waals surface area contributed by atoms with Gasteiger partial charge in [-0.25, -0.2) is 0 Å². The van der Waals surface area contributed by atoms with Gasteiger partial charge in [0.2, 0.25) is 0 Å². The zero-order valence-electron chi connectivity index (χ0n) is 19.5. The molecule has 0 fully saturated rings. The molecule has 4 nitrogen and oxygen atoms in total. The molecule has 0 spiro atoms. The molecule has 6 aromatic rings. The molecule has 2 heterocycles. The van der Waals surface area contributed by atoms with E-state index < -0.39 is 0 Å². The van der Waals surface area contributed by atoms with Crippen molar-refractivity contribution < 1.29 is 19.0 Å². The van der Waals surface area contributed by atoms with Crippen LogP contribution in [-0.2, 0) is 0 Å². The van der Waals surface area contributed by atoms with E-state index in [4.69, 9.17) is 13.9 Å². The number of aliphatic hydroxyl groups is 2. The second-order valence-electron chi connectivity index (χ2n) is 8.35. The van der Waals surface area contributed by atoms with E-state index >= 15 is 0 Å². The first-order chi connectivity index (χ1) is 17.1. The topological polar surface area (TPSA) is 66.7 Å². The van der Waals surface area contributed by atoms with Gasteiger partial charge in [-0.05, 0) is 65.6 Å². The lowest BCUT2D eigenvalue weighted by atomic mass is 10.0. The Labute approximate surface area is 203 Å². The Morgan fingerprint density at radius 3 is 1.66 bits per heavy atom. The van der Waals surface area contributed by atoms with Crippen LogP contribution < -0.4 is 0 Å². The minimum atomic E-state index is -0.0265. The maximum atomic E-state index is 9.32. The predicted molar refractivity (Wildman–Crippen MR) is 144 cm³/mol. The lowest BCUT2D eigenvalue weighted by Gasteiger charge is -2.03. The number of aliphatic hydroxyl groups excluding tert-OH is 2. The molecule has 2 aromatic heterocycles. The van der Waals surface area contributed by atoms with Gasteiger partial charge in [-0.3, -0.25) is 0 Å². The minimum Gasteiger partial charge on any atom is -0.456 e. The van der Waals surface area contributed by atoms with Crippen LogP contribution in [0.5, 0.6) is 0 Å². The van der Waals surface area contributed by atoms with Gasteiger partial charge >= 0.3 is 0 Å². The third-order valence-electron chi connectivity index (χ3n) is 6.24. The normalized spacial score (nSPS) is 11.8. The lowest BCUT2D eigenvalue weighted by molar-refractivity contribution is 0.350. The monoisotopic (exact) mass is 462 g/mol. The molecule has 0 amide bonds. The van der Waals surface area contributed by atoms with Crippen molar-refractivity contribution in [1.82, 2.24) is 0 Å². The summed E-state index contributed by atoms with van der Waals surface area (Å²) in [6.07, 6.45) is 1.93. The minimum absolute atomic E-state index is 0.0265. The van der Waals surface area contributed by atoms with Crippen molar-refractivity contribution in [1.29, 1.82) is 0 Å². The molecule has 0 atom stereocenters. The van der Waals surface area contributed by atoms with Crippen LogP contribution >= 0.6 is 0 Å². The molecule has 4 heteroatoms. The average Bonchev–Trinajstić information content (AvgIpc) is 3.47. The first-order valence-corrected chi connectivity index (χ1v) is 11.5. The molecule has 0 saturated heterocycles. The van der Waals surface area contributed by atoms with Crippen LogP contribution in [0.1, 0.15) is 18.1 Å². The van der Waals surface area contributed by atoms with Crippen LogP contribution in [0.15, 0.2) is 106 Å². The number of furan rings is 2. The highest BCUT2D eigenvalue weighted by Crippen LogP contribution is 2.31. The van der Waals surface area contributed by atoms with Crippen molar-refractivity contribution in [3.05, 3.63) is 109 Å². The second-order valence-corrected chi connectivity index (χ2v) is 8.35. The second kappa shape index (κ2) is 9.63. The van der Waals surface area contributed by atoms with Gasteiger partial charge in [0.1, 0.15) is 22.3 Å². The Morgan fingerprint density at radius 1 is 0.657 bits per heavy atom. The molecule has 0 aliphatic heterocycles. The summed E-state index contributed by atoms with van der Waals surface area (Å²) in [5, 5.41) is 22.8. The molecule has 6 rings (SSSR count). The molecule has 0 radical (unpaired) electrons. The summed E-state index contributed by atoms with van der Waals surface area (Å²) in [6.45, 7) is 5.79. The van der Waals surface area contributed by atoms with E-state index in [1.807, 2.05) is 85.8 Å². The fraction of sp³-hybridized carbons (Fsp3) is 0.0968. The van der Waals surface area contributed by atoms with Gasteiger partial charge in [0.05, 0.1) is 13.2 Å². The van der Waals surface area contributed by atoms with Gasteiger partial charge in [-0.2, -0.15) is 0 Å². The van der Waals surface area contributed by atoms with E-state index in [9.17, 15) is 5.11 Å². The van der Waals surface area contributed by atoms with Crippen molar-refractivity contribution >= 4 is 55.0 Å². The van der Waals surface area contributed by atoms with Crippen LogP contribution in [0, 0.1) is 0 Å². The summed E-state index contributed by atoms with van der Waals surface area (Å²) in [7, 11) is 0. The first-order valence-electron chi connectivity index (χ1n) is 11.5. The largest absolute Gasteiger partial charge is 0.456 e. The Balaban J connectivity index is 0.000000145. The maximum Gasteiger partial charge on any atom is 0.135 e.